The zero-order valence-corrected chi connectivity index (χ0v) is 19.1. The Morgan fingerprint density at radius 3 is 2.53 bits per heavy atom. The van der Waals surface area contributed by atoms with Crippen molar-refractivity contribution in [2.24, 2.45) is 5.41 Å². The van der Waals surface area contributed by atoms with Crippen LogP contribution in [-0.4, -0.2) is 46.7 Å². The molecule has 0 bridgehead atoms. The van der Waals surface area contributed by atoms with E-state index in [9.17, 15) is 18.4 Å². The minimum absolute atomic E-state index is 0.0304. The van der Waals surface area contributed by atoms with Gasteiger partial charge in [-0.15, -0.1) is 0 Å². The molecule has 1 aromatic heterocycles. The molecule has 2 amide bonds. The number of hydrogen-bond donors (Lipinski definition) is 2. The van der Waals surface area contributed by atoms with Crippen molar-refractivity contribution in [3.8, 4) is 11.4 Å². The second kappa shape index (κ2) is 9.36. The first-order valence-corrected chi connectivity index (χ1v) is 10.7. The van der Waals surface area contributed by atoms with Gasteiger partial charge in [-0.2, -0.15) is 0 Å². The lowest BCUT2D eigenvalue weighted by Gasteiger charge is -2.31. The van der Waals surface area contributed by atoms with Gasteiger partial charge in [0.1, 0.15) is 29.2 Å². The van der Waals surface area contributed by atoms with Crippen LogP contribution in [-0.2, 0) is 22.5 Å². The SMILES string of the molecule is CC(C)NC(=O)[C@@H](NC(=O)c1nc(-c2cc(F)ccc2F)n2c1CCOCC2)C(C)(C)C. The molecule has 0 saturated carbocycles. The lowest BCUT2D eigenvalue weighted by molar-refractivity contribution is -0.125. The Kier molecular flexibility index (Phi) is 6.97. The van der Waals surface area contributed by atoms with E-state index in [1.54, 1.807) is 4.57 Å². The van der Waals surface area contributed by atoms with E-state index in [1.165, 1.54) is 0 Å². The number of nitrogens with zero attached hydrogens (tertiary/aromatic N) is 2. The van der Waals surface area contributed by atoms with E-state index in [0.29, 0.717) is 31.9 Å². The van der Waals surface area contributed by atoms with Crippen LogP contribution in [0.2, 0.25) is 0 Å². The number of nitrogens with one attached hydrogen (secondary N) is 2. The van der Waals surface area contributed by atoms with Crippen molar-refractivity contribution in [1.82, 2.24) is 20.2 Å². The summed E-state index contributed by atoms with van der Waals surface area (Å²) in [5.74, 6) is -1.93. The maximum Gasteiger partial charge on any atom is 0.272 e. The van der Waals surface area contributed by atoms with Gasteiger partial charge in [-0.25, -0.2) is 13.8 Å². The van der Waals surface area contributed by atoms with Crippen molar-refractivity contribution in [1.29, 1.82) is 0 Å². The molecule has 3 rings (SSSR count). The number of carbonyl (C=O) groups is 2. The molecule has 1 aliphatic rings. The summed E-state index contributed by atoms with van der Waals surface area (Å²) in [4.78, 5) is 30.5. The number of ether oxygens (including phenoxy) is 1. The third-order valence-electron chi connectivity index (χ3n) is 5.23. The summed E-state index contributed by atoms with van der Waals surface area (Å²) in [6.07, 6.45) is 0.380. The van der Waals surface area contributed by atoms with Gasteiger partial charge in [0.25, 0.3) is 5.91 Å². The Bertz CT molecular complexity index is 1010. The van der Waals surface area contributed by atoms with Crippen LogP contribution in [0.25, 0.3) is 11.4 Å². The molecule has 0 unspecified atom stereocenters. The molecule has 2 aromatic rings. The van der Waals surface area contributed by atoms with Crippen LogP contribution in [0.1, 0.15) is 50.8 Å². The molecule has 7 nitrogen and oxygen atoms in total. The van der Waals surface area contributed by atoms with Gasteiger partial charge in [0.15, 0.2) is 0 Å². The van der Waals surface area contributed by atoms with E-state index in [2.05, 4.69) is 15.6 Å². The molecule has 0 aliphatic carbocycles. The molecule has 32 heavy (non-hydrogen) atoms. The molecule has 1 atom stereocenters. The summed E-state index contributed by atoms with van der Waals surface area (Å²) in [6.45, 7) is 10.3. The minimum atomic E-state index is -0.814. The first-order chi connectivity index (χ1) is 15.0. The number of hydrogen-bond acceptors (Lipinski definition) is 4. The Hall–Kier alpha value is -2.81. The molecule has 174 valence electrons. The zero-order chi connectivity index (χ0) is 23.6. The first kappa shape index (κ1) is 23.8. The number of aromatic nitrogens is 2. The fourth-order valence-electron chi connectivity index (χ4n) is 3.71. The molecule has 1 aliphatic heterocycles. The van der Waals surface area contributed by atoms with E-state index < -0.39 is 29.0 Å². The average molecular weight is 449 g/mol. The highest BCUT2D eigenvalue weighted by Gasteiger charge is 2.35. The number of imidazole rings is 1. The maximum atomic E-state index is 14.5. The van der Waals surface area contributed by atoms with Gasteiger partial charge in [-0.3, -0.25) is 9.59 Å². The van der Waals surface area contributed by atoms with Gasteiger partial charge in [-0.1, -0.05) is 20.8 Å². The van der Waals surface area contributed by atoms with Gasteiger partial charge in [0.05, 0.1) is 24.5 Å². The summed E-state index contributed by atoms with van der Waals surface area (Å²) >= 11 is 0. The molecule has 2 N–H and O–H groups in total. The summed E-state index contributed by atoms with van der Waals surface area (Å²) in [6, 6.07) is 2.22. The smallest absolute Gasteiger partial charge is 0.272 e. The predicted molar refractivity (Wildman–Crippen MR) is 116 cm³/mol. The number of benzene rings is 1. The number of fused-ring (bicyclic) bond motifs is 1. The third-order valence-corrected chi connectivity index (χ3v) is 5.23. The van der Waals surface area contributed by atoms with E-state index in [1.807, 2.05) is 34.6 Å². The van der Waals surface area contributed by atoms with Gasteiger partial charge < -0.3 is 19.9 Å². The normalized spacial score (nSPS) is 15.1. The van der Waals surface area contributed by atoms with Gasteiger partial charge in [0, 0.05) is 19.0 Å². The molecule has 9 heteroatoms. The fourth-order valence-corrected chi connectivity index (χ4v) is 3.71. The van der Waals surface area contributed by atoms with E-state index in [4.69, 9.17) is 4.74 Å². The highest BCUT2D eigenvalue weighted by atomic mass is 19.1. The van der Waals surface area contributed by atoms with Crippen molar-refractivity contribution < 1.29 is 23.1 Å². The maximum absolute atomic E-state index is 14.5. The first-order valence-electron chi connectivity index (χ1n) is 10.7. The minimum Gasteiger partial charge on any atom is -0.379 e. The molecular weight excluding hydrogens is 418 g/mol. The number of rotatable bonds is 5. The molecule has 0 spiro atoms. The average Bonchev–Trinajstić information content (AvgIpc) is 2.87. The van der Waals surface area contributed by atoms with Crippen molar-refractivity contribution in [2.75, 3.05) is 13.2 Å². The van der Waals surface area contributed by atoms with Crippen molar-refractivity contribution in [3.63, 3.8) is 0 Å². The van der Waals surface area contributed by atoms with Crippen LogP contribution in [0, 0.1) is 17.0 Å². The highest BCUT2D eigenvalue weighted by molar-refractivity contribution is 5.98. The summed E-state index contributed by atoms with van der Waals surface area (Å²) < 4.78 is 35.6. The van der Waals surface area contributed by atoms with E-state index in [0.717, 1.165) is 18.2 Å². The second-order valence-corrected chi connectivity index (χ2v) is 9.30. The molecular formula is C23H30F2N4O3. The number of carbonyl (C=O) groups excluding carboxylic acids is 2. The van der Waals surface area contributed by atoms with Gasteiger partial charge >= 0.3 is 0 Å². The van der Waals surface area contributed by atoms with Crippen LogP contribution >= 0.6 is 0 Å². The van der Waals surface area contributed by atoms with Crippen LogP contribution in [0.15, 0.2) is 18.2 Å². The van der Waals surface area contributed by atoms with Gasteiger partial charge in [-0.05, 0) is 37.5 Å². The molecule has 0 fully saturated rings. The van der Waals surface area contributed by atoms with Crippen molar-refractivity contribution in [3.05, 3.63) is 41.2 Å². The Labute approximate surface area is 186 Å². The standard InChI is InChI=1S/C23H30F2N4O3/c1-13(2)26-22(31)19(23(3,4)5)28-21(30)18-17-8-10-32-11-9-29(17)20(27-18)15-12-14(24)6-7-16(15)25/h6-7,12-13,19H,8-11H2,1-5H3,(H,26,31)(H,28,30)/t19-/m1/s1. The van der Waals surface area contributed by atoms with Crippen LogP contribution in [0.3, 0.4) is 0 Å². The highest BCUT2D eigenvalue weighted by Crippen LogP contribution is 2.28. The van der Waals surface area contributed by atoms with E-state index in [-0.39, 0.29) is 29.0 Å². The fraction of sp³-hybridized carbons (Fsp3) is 0.522. The van der Waals surface area contributed by atoms with Crippen molar-refractivity contribution >= 4 is 11.8 Å². The summed E-state index contributed by atoms with van der Waals surface area (Å²) in [7, 11) is 0. The predicted octanol–water partition coefficient (Wildman–Crippen LogP) is 3.07. The van der Waals surface area contributed by atoms with Gasteiger partial charge in [0.2, 0.25) is 5.91 Å². The Morgan fingerprint density at radius 1 is 1.16 bits per heavy atom. The molecule has 1 aromatic carbocycles. The summed E-state index contributed by atoms with van der Waals surface area (Å²) in [5.41, 5.74) is 0.0554. The Balaban J connectivity index is 2.03. The second-order valence-electron chi connectivity index (χ2n) is 9.30. The van der Waals surface area contributed by atoms with Crippen LogP contribution in [0.4, 0.5) is 8.78 Å². The largest absolute Gasteiger partial charge is 0.379 e. The number of halogens is 2. The summed E-state index contributed by atoms with van der Waals surface area (Å²) in [5, 5.41) is 5.64. The number of amides is 2. The van der Waals surface area contributed by atoms with Crippen LogP contribution in [0.5, 0.6) is 0 Å². The monoisotopic (exact) mass is 448 g/mol. The zero-order valence-electron chi connectivity index (χ0n) is 19.1. The lowest BCUT2D eigenvalue weighted by Crippen LogP contribution is -2.54. The topological polar surface area (TPSA) is 85.3 Å². The quantitative estimate of drug-likeness (QED) is 0.736. The molecule has 0 radical (unpaired) electrons. The van der Waals surface area contributed by atoms with E-state index >= 15 is 0 Å². The van der Waals surface area contributed by atoms with Crippen molar-refractivity contribution in [2.45, 2.75) is 59.7 Å². The van der Waals surface area contributed by atoms with Crippen LogP contribution < -0.4 is 10.6 Å². The molecule has 2 heterocycles. The lowest BCUT2D eigenvalue weighted by atomic mass is 9.86. The third kappa shape index (κ3) is 5.15. The molecule has 0 saturated heterocycles. The Morgan fingerprint density at radius 2 is 1.88 bits per heavy atom.